The molecule has 3 heteroatoms. The Morgan fingerprint density at radius 3 is 2.73 bits per heavy atom. The second kappa shape index (κ2) is 6.80. The highest BCUT2D eigenvalue weighted by Crippen LogP contribution is 1.99. The zero-order valence-electron chi connectivity index (χ0n) is 6.16. The molecule has 0 aliphatic carbocycles. The highest BCUT2D eigenvalue weighted by Gasteiger charge is 1.89. The van der Waals surface area contributed by atoms with Gasteiger partial charge in [0.1, 0.15) is 0 Å². The van der Waals surface area contributed by atoms with E-state index in [4.69, 9.17) is 0 Å². The summed E-state index contributed by atoms with van der Waals surface area (Å²) in [5.74, 6) is 0. The molecule has 0 fully saturated rings. The Bertz CT molecular complexity index is 177. The van der Waals surface area contributed by atoms with Gasteiger partial charge in [0.05, 0.1) is 0 Å². The fourth-order valence-corrected chi connectivity index (χ4v) is 1.07. The normalized spacial score (nSPS) is 8.82. The number of nitrogens with zero attached hydrogens (tertiary/aromatic N) is 1. The minimum absolute atomic E-state index is 0. The Balaban J connectivity index is 0.000001000. The maximum absolute atomic E-state index is 4.20. The number of aryl methyl sites for hydroxylation is 1. The topological polar surface area (TPSA) is 12.9 Å². The maximum atomic E-state index is 4.20. The molecule has 11 heavy (non-hydrogen) atoms. The summed E-state index contributed by atoms with van der Waals surface area (Å²) < 4.78 is 0. The maximum Gasteiger partial charge on any atom is 0.0403 e. The van der Waals surface area contributed by atoms with E-state index in [9.17, 15) is 0 Å². The standard InChI is InChI=1S/C8H10BrN.BrH/c9-6-3-5-8-4-1-2-7-10-8;/h1-2,4,7H,3,5-6H2;1H. The average molecular weight is 281 g/mol. The lowest BCUT2D eigenvalue weighted by Gasteiger charge is -1.94. The Morgan fingerprint density at radius 1 is 1.36 bits per heavy atom. The number of hydrogen-bond donors (Lipinski definition) is 0. The number of halogens is 2. The molecule has 0 aliphatic rings. The molecule has 0 amide bonds. The predicted molar refractivity (Wildman–Crippen MR) is 56.7 cm³/mol. The Labute approximate surface area is 86.1 Å². The van der Waals surface area contributed by atoms with Gasteiger partial charge in [0.15, 0.2) is 0 Å². The molecule has 0 bridgehead atoms. The lowest BCUT2D eigenvalue weighted by Crippen LogP contribution is -1.88. The van der Waals surface area contributed by atoms with Gasteiger partial charge in [-0.1, -0.05) is 22.0 Å². The van der Waals surface area contributed by atoms with E-state index in [2.05, 4.69) is 27.0 Å². The summed E-state index contributed by atoms with van der Waals surface area (Å²) in [7, 11) is 0. The van der Waals surface area contributed by atoms with E-state index in [1.54, 1.807) is 0 Å². The SMILES string of the molecule is Br.BrCCCc1ccccn1. The van der Waals surface area contributed by atoms with E-state index in [0.29, 0.717) is 0 Å². The molecule has 0 saturated carbocycles. The van der Waals surface area contributed by atoms with Crippen LogP contribution in [0.2, 0.25) is 0 Å². The number of alkyl halides is 1. The van der Waals surface area contributed by atoms with Gasteiger partial charge in [0, 0.05) is 17.2 Å². The molecule has 1 aromatic rings. The van der Waals surface area contributed by atoms with Crippen molar-refractivity contribution in [2.45, 2.75) is 12.8 Å². The third-order valence-corrected chi connectivity index (χ3v) is 1.85. The minimum Gasteiger partial charge on any atom is -0.261 e. The van der Waals surface area contributed by atoms with Gasteiger partial charge in [-0.05, 0) is 25.0 Å². The lowest BCUT2D eigenvalue weighted by atomic mass is 10.2. The number of aromatic nitrogens is 1. The first-order chi connectivity index (χ1) is 4.93. The molecule has 0 unspecified atom stereocenters. The van der Waals surface area contributed by atoms with Crippen molar-refractivity contribution >= 4 is 32.9 Å². The van der Waals surface area contributed by atoms with E-state index in [0.717, 1.165) is 18.2 Å². The average Bonchev–Trinajstić information content (AvgIpc) is 2.03. The molecule has 1 nitrogen and oxygen atoms in total. The molecule has 1 aromatic heterocycles. The molecule has 0 saturated heterocycles. The van der Waals surface area contributed by atoms with Crippen molar-refractivity contribution < 1.29 is 0 Å². The number of rotatable bonds is 3. The summed E-state index contributed by atoms with van der Waals surface area (Å²) in [6.07, 6.45) is 4.08. The van der Waals surface area contributed by atoms with Gasteiger partial charge >= 0.3 is 0 Å². The van der Waals surface area contributed by atoms with E-state index >= 15 is 0 Å². The van der Waals surface area contributed by atoms with E-state index < -0.39 is 0 Å². The zero-order chi connectivity index (χ0) is 7.23. The third-order valence-electron chi connectivity index (χ3n) is 1.29. The molecule has 0 aliphatic heterocycles. The predicted octanol–water partition coefficient (Wildman–Crippen LogP) is 2.99. The van der Waals surface area contributed by atoms with E-state index in [1.807, 2.05) is 18.3 Å². The van der Waals surface area contributed by atoms with Gasteiger partial charge in [-0.2, -0.15) is 0 Å². The van der Waals surface area contributed by atoms with Crippen molar-refractivity contribution in [3.05, 3.63) is 30.1 Å². The Morgan fingerprint density at radius 2 is 2.18 bits per heavy atom. The summed E-state index contributed by atoms with van der Waals surface area (Å²) in [5, 5.41) is 1.06. The lowest BCUT2D eigenvalue weighted by molar-refractivity contribution is 0.897. The quantitative estimate of drug-likeness (QED) is 0.776. The fourth-order valence-electron chi connectivity index (χ4n) is 0.794. The van der Waals surface area contributed by atoms with Crippen LogP contribution < -0.4 is 0 Å². The van der Waals surface area contributed by atoms with Crippen molar-refractivity contribution in [1.82, 2.24) is 4.98 Å². The van der Waals surface area contributed by atoms with Crippen LogP contribution in [0.25, 0.3) is 0 Å². The monoisotopic (exact) mass is 279 g/mol. The third kappa shape index (κ3) is 4.53. The molecule has 0 radical (unpaired) electrons. The molecule has 0 spiro atoms. The Kier molecular flexibility index (Phi) is 6.87. The molecular formula is C8H11Br2N. The summed E-state index contributed by atoms with van der Waals surface area (Å²) in [6, 6.07) is 6.02. The number of pyridine rings is 1. The van der Waals surface area contributed by atoms with Gasteiger partial charge in [0.25, 0.3) is 0 Å². The van der Waals surface area contributed by atoms with Crippen molar-refractivity contribution in [3.8, 4) is 0 Å². The van der Waals surface area contributed by atoms with Crippen LogP contribution in [-0.2, 0) is 6.42 Å². The van der Waals surface area contributed by atoms with Crippen LogP contribution >= 0.6 is 32.9 Å². The summed E-state index contributed by atoms with van der Waals surface area (Å²) in [5.41, 5.74) is 1.18. The van der Waals surface area contributed by atoms with Gasteiger partial charge in [-0.15, -0.1) is 17.0 Å². The van der Waals surface area contributed by atoms with Crippen LogP contribution in [0, 0.1) is 0 Å². The van der Waals surface area contributed by atoms with E-state index in [1.165, 1.54) is 5.69 Å². The van der Waals surface area contributed by atoms with Crippen molar-refractivity contribution in [1.29, 1.82) is 0 Å². The van der Waals surface area contributed by atoms with Crippen LogP contribution in [0.4, 0.5) is 0 Å². The largest absolute Gasteiger partial charge is 0.261 e. The highest BCUT2D eigenvalue weighted by atomic mass is 79.9. The summed E-state index contributed by atoms with van der Waals surface area (Å²) in [6.45, 7) is 0. The molecule has 0 atom stereocenters. The summed E-state index contributed by atoms with van der Waals surface area (Å²) in [4.78, 5) is 4.20. The number of hydrogen-bond acceptors (Lipinski definition) is 1. The van der Waals surface area contributed by atoms with Gasteiger partial charge < -0.3 is 0 Å². The Hall–Kier alpha value is 0.110. The van der Waals surface area contributed by atoms with Gasteiger partial charge in [-0.25, -0.2) is 0 Å². The molecule has 0 N–H and O–H groups in total. The fraction of sp³-hybridized carbons (Fsp3) is 0.375. The first-order valence-electron chi connectivity index (χ1n) is 3.39. The molecule has 1 heterocycles. The highest BCUT2D eigenvalue weighted by molar-refractivity contribution is 9.09. The first-order valence-corrected chi connectivity index (χ1v) is 4.51. The smallest absolute Gasteiger partial charge is 0.0403 e. The van der Waals surface area contributed by atoms with Crippen LogP contribution in [-0.4, -0.2) is 10.3 Å². The molecule has 1 rings (SSSR count). The van der Waals surface area contributed by atoms with E-state index in [-0.39, 0.29) is 17.0 Å². The van der Waals surface area contributed by atoms with Gasteiger partial charge in [-0.3, -0.25) is 4.98 Å². The van der Waals surface area contributed by atoms with Crippen LogP contribution in [0.5, 0.6) is 0 Å². The molecular weight excluding hydrogens is 270 g/mol. The molecule has 0 aromatic carbocycles. The van der Waals surface area contributed by atoms with Crippen LogP contribution in [0.1, 0.15) is 12.1 Å². The van der Waals surface area contributed by atoms with Crippen molar-refractivity contribution in [3.63, 3.8) is 0 Å². The zero-order valence-corrected chi connectivity index (χ0v) is 9.46. The van der Waals surface area contributed by atoms with Crippen LogP contribution in [0.15, 0.2) is 24.4 Å². The second-order valence-corrected chi connectivity index (χ2v) is 2.91. The summed E-state index contributed by atoms with van der Waals surface area (Å²) >= 11 is 3.38. The van der Waals surface area contributed by atoms with Crippen LogP contribution in [0.3, 0.4) is 0 Å². The van der Waals surface area contributed by atoms with Gasteiger partial charge in [0.2, 0.25) is 0 Å². The molecule has 62 valence electrons. The van der Waals surface area contributed by atoms with Crippen molar-refractivity contribution in [2.75, 3.05) is 5.33 Å². The van der Waals surface area contributed by atoms with Crippen molar-refractivity contribution in [2.24, 2.45) is 0 Å². The second-order valence-electron chi connectivity index (χ2n) is 2.11. The first kappa shape index (κ1) is 11.1. The minimum atomic E-state index is 0.